The Balaban J connectivity index is 2.33. The lowest BCUT2D eigenvalue weighted by Crippen LogP contribution is -2.41. The van der Waals surface area contributed by atoms with Crippen LogP contribution in [0.15, 0.2) is 12.7 Å². The lowest BCUT2D eigenvalue weighted by molar-refractivity contribution is 0.259. The van der Waals surface area contributed by atoms with E-state index in [0.717, 1.165) is 24.5 Å². The lowest BCUT2D eigenvalue weighted by Gasteiger charge is -2.25. The predicted octanol–water partition coefficient (Wildman–Crippen LogP) is 2.43. The van der Waals surface area contributed by atoms with E-state index in [4.69, 9.17) is 5.11 Å². The number of nitrogens with one attached hydrogen (secondary N) is 1. The molecule has 1 aliphatic carbocycles. The minimum atomic E-state index is 0.289. The third-order valence-electron chi connectivity index (χ3n) is 3.17. The summed E-state index contributed by atoms with van der Waals surface area (Å²) < 4.78 is 0. The van der Waals surface area contributed by atoms with Crippen molar-refractivity contribution in [1.29, 1.82) is 0 Å². The van der Waals surface area contributed by atoms with Crippen molar-refractivity contribution in [3.63, 3.8) is 0 Å². The van der Waals surface area contributed by atoms with Crippen molar-refractivity contribution in [2.24, 2.45) is 5.92 Å². The first-order chi connectivity index (χ1) is 7.81. The van der Waals surface area contributed by atoms with Crippen LogP contribution in [0.5, 0.6) is 0 Å². The van der Waals surface area contributed by atoms with Gasteiger partial charge in [-0.3, -0.25) is 0 Å². The molecule has 0 spiro atoms. The monoisotopic (exact) mass is 243 g/mol. The molecule has 0 aromatic rings. The summed E-state index contributed by atoms with van der Waals surface area (Å²) in [5.41, 5.74) is 0. The molecule has 0 aromatic carbocycles. The molecule has 16 heavy (non-hydrogen) atoms. The topological polar surface area (TPSA) is 32.3 Å². The van der Waals surface area contributed by atoms with Crippen LogP contribution in [-0.4, -0.2) is 35.8 Å². The Morgan fingerprint density at radius 1 is 1.50 bits per heavy atom. The molecule has 1 fully saturated rings. The molecule has 0 saturated heterocycles. The predicted molar refractivity (Wildman–Crippen MR) is 73.0 cm³/mol. The van der Waals surface area contributed by atoms with Gasteiger partial charge in [0.25, 0.3) is 0 Å². The van der Waals surface area contributed by atoms with Crippen LogP contribution in [0.4, 0.5) is 0 Å². The van der Waals surface area contributed by atoms with Crippen LogP contribution in [0.1, 0.15) is 32.1 Å². The van der Waals surface area contributed by atoms with Gasteiger partial charge in [-0.15, -0.1) is 6.58 Å². The second-order valence-corrected chi connectivity index (χ2v) is 5.55. The highest BCUT2D eigenvalue weighted by atomic mass is 32.2. The van der Waals surface area contributed by atoms with Gasteiger partial charge in [0, 0.05) is 24.4 Å². The van der Waals surface area contributed by atoms with Crippen LogP contribution in [0.25, 0.3) is 0 Å². The number of aliphatic hydroxyl groups is 1. The standard InChI is InChI=1S/C13H25NOS/c1-3-4-5-13(11-6-7-11)14-12(8-9-15)10-16-2/h3,11-15H,1,4-10H2,2H3. The Kier molecular flexibility index (Phi) is 7.17. The Labute approximate surface area is 104 Å². The fraction of sp³-hybridized carbons (Fsp3) is 0.846. The van der Waals surface area contributed by atoms with Crippen molar-refractivity contribution in [2.45, 2.75) is 44.2 Å². The zero-order valence-electron chi connectivity index (χ0n) is 10.3. The van der Waals surface area contributed by atoms with E-state index in [2.05, 4.69) is 18.2 Å². The van der Waals surface area contributed by atoms with Crippen LogP contribution in [0.2, 0.25) is 0 Å². The van der Waals surface area contributed by atoms with Crippen molar-refractivity contribution in [3.8, 4) is 0 Å². The molecule has 0 bridgehead atoms. The molecular weight excluding hydrogens is 218 g/mol. The highest BCUT2D eigenvalue weighted by molar-refractivity contribution is 7.98. The molecule has 2 N–H and O–H groups in total. The van der Waals surface area contributed by atoms with Gasteiger partial charge in [-0.25, -0.2) is 0 Å². The molecule has 2 atom stereocenters. The van der Waals surface area contributed by atoms with Gasteiger partial charge in [0.05, 0.1) is 0 Å². The van der Waals surface area contributed by atoms with Crippen molar-refractivity contribution >= 4 is 11.8 Å². The number of thioether (sulfide) groups is 1. The summed E-state index contributed by atoms with van der Waals surface area (Å²) in [6, 6.07) is 1.11. The molecule has 0 radical (unpaired) electrons. The molecule has 0 amide bonds. The molecule has 1 rings (SSSR count). The highest BCUT2D eigenvalue weighted by Crippen LogP contribution is 2.35. The first-order valence-electron chi connectivity index (χ1n) is 6.28. The molecule has 0 aliphatic heterocycles. The molecular formula is C13H25NOS. The summed E-state index contributed by atoms with van der Waals surface area (Å²) in [6.07, 6.45) is 10.1. The maximum absolute atomic E-state index is 9.04. The summed E-state index contributed by atoms with van der Waals surface area (Å²) in [5, 5.41) is 12.8. The number of hydrogen-bond donors (Lipinski definition) is 2. The fourth-order valence-electron chi connectivity index (χ4n) is 2.13. The van der Waals surface area contributed by atoms with Gasteiger partial charge in [0.2, 0.25) is 0 Å². The smallest absolute Gasteiger partial charge is 0.0446 e. The van der Waals surface area contributed by atoms with Crippen LogP contribution >= 0.6 is 11.8 Å². The number of allylic oxidation sites excluding steroid dienone is 1. The maximum Gasteiger partial charge on any atom is 0.0446 e. The molecule has 0 heterocycles. The first kappa shape index (κ1) is 14.1. The third kappa shape index (κ3) is 5.37. The zero-order valence-corrected chi connectivity index (χ0v) is 11.1. The van der Waals surface area contributed by atoms with Crippen molar-refractivity contribution in [2.75, 3.05) is 18.6 Å². The van der Waals surface area contributed by atoms with Crippen LogP contribution < -0.4 is 5.32 Å². The van der Waals surface area contributed by atoms with Gasteiger partial charge >= 0.3 is 0 Å². The molecule has 0 aromatic heterocycles. The molecule has 3 heteroatoms. The van der Waals surface area contributed by atoms with E-state index in [9.17, 15) is 0 Å². The number of hydrogen-bond acceptors (Lipinski definition) is 3. The average molecular weight is 243 g/mol. The van der Waals surface area contributed by atoms with Crippen LogP contribution in [0, 0.1) is 5.92 Å². The third-order valence-corrected chi connectivity index (χ3v) is 3.90. The van der Waals surface area contributed by atoms with Crippen molar-refractivity contribution in [3.05, 3.63) is 12.7 Å². The van der Waals surface area contributed by atoms with E-state index in [0.29, 0.717) is 12.1 Å². The molecule has 1 saturated carbocycles. The molecule has 94 valence electrons. The second kappa shape index (κ2) is 8.15. The quantitative estimate of drug-likeness (QED) is 0.578. The lowest BCUT2D eigenvalue weighted by atomic mass is 10.0. The van der Waals surface area contributed by atoms with E-state index in [1.54, 1.807) is 0 Å². The SMILES string of the molecule is C=CCCC(NC(CCO)CSC)C1CC1. The van der Waals surface area contributed by atoms with E-state index in [-0.39, 0.29) is 6.61 Å². The minimum absolute atomic E-state index is 0.289. The van der Waals surface area contributed by atoms with E-state index in [1.807, 2.05) is 17.8 Å². The van der Waals surface area contributed by atoms with Gasteiger partial charge in [-0.2, -0.15) is 11.8 Å². The second-order valence-electron chi connectivity index (χ2n) is 4.64. The van der Waals surface area contributed by atoms with Crippen LogP contribution in [-0.2, 0) is 0 Å². The Morgan fingerprint density at radius 2 is 2.25 bits per heavy atom. The van der Waals surface area contributed by atoms with Crippen LogP contribution in [0.3, 0.4) is 0 Å². The average Bonchev–Trinajstić information content (AvgIpc) is 3.08. The van der Waals surface area contributed by atoms with E-state index in [1.165, 1.54) is 19.3 Å². The van der Waals surface area contributed by atoms with Gasteiger partial charge in [0.15, 0.2) is 0 Å². The molecule has 1 aliphatic rings. The normalized spacial score (nSPS) is 19.4. The van der Waals surface area contributed by atoms with Gasteiger partial charge < -0.3 is 10.4 Å². The fourth-order valence-corrected chi connectivity index (χ4v) is 2.79. The highest BCUT2D eigenvalue weighted by Gasteiger charge is 2.31. The largest absolute Gasteiger partial charge is 0.396 e. The van der Waals surface area contributed by atoms with Gasteiger partial charge in [-0.1, -0.05) is 6.08 Å². The van der Waals surface area contributed by atoms with Gasteiger partial charge in [0.1, 0.15) is 0 Å². The summed E-state index contributed by atoms with van der Waals surface area (Å²) in [4.78, 5) is 0. The summed E-state index contributed by atoms with van der Waals surface area (Å²) in [5.74, 6) is 1.97. The Bertz CT molecular complexity index is 188. The Hall–Kier alpha value is 0.0100. The molecule has 2 unspecified atom stereocenters. The summed E-state index contributed by atoms with van der Waals surface area (Å²) in [6.45, 7) is 4.08. The summed E-state index contributed by atoms with van der Waals surface area (Å²) in [7, 11) is 0. The van der Waals surface area contributed by atoms with E-state index >= 15 is 0 Å². The Morgan fingerprint density at radius 3 is 2.75 bits per heavy atom. The number of rotatable bonds is 10. The molecule has 2 nitrogen and oxygen atoms in total. The number of aliphatic hydroxyl groups excluding tert-OH is 1. The minimum Gasteiger partial charge on any atom is -0.396 e. The zero-order chi connectivity index (χ0) is 11.8. The first-order valence-corrected chi connectivity index (χ1v) is 7.68. The van der Waals surface area contributed by atoms with Crippen molar-refractivity contribution in [1.82, 2.24) is 5.32 Å². The van der Waals surface area contributed by atoms with Gasteiger partial charge in [-0.05, 0) is 44.3 Å². The van der Waals surface area contributed by atoms with E-state index < -0.39 is 0 Å². The maximum atomic E-state index is 9.04. The van der Waals surface area contributed by atoms with Crippen molar-refractivity contribution < 1.29 is 5.11 Å². The summed E-state index contributed by atoms with van der Waals surface area (Å²) >= 11 is 1.85.